The Morgan fingerprint density at radius 3 is 2.60 bits per heavy atom. The molecule has 2 N–H and O–H groups in total. The Morgan fingerprint density at radius 1 is 1.23 bits per heavy atom. The molecular formula is C20H28N6O3S. The number of carbonyl (C=O) groups excluding carboxylic acids is 1. The third-order valence-corrected chi connectivity index (χ3v) is 7.43. The molecule has 2 atom stereocenters. The van der Waals surface area contributed by atoms with Gasteiger partial charge in [0.1, 0.15) is 16.5 Å². The highest BCUT2D eigenvalue weighted by Gasteiger charge is 2.36. The van der Waals surface area contributed by atoms with Crippen molar-refractivity contribution in [3.8, 4) is 0 Å². The van der Waals surface area contributed by atoms with Crippen molar-refractivity contribution in [2.24, 2.45) is 5.92 Å². The van der Waals surface area contributed by atoms with E-state index >= 15 is 0 Å². The predicted molar refractivity (Wildman–Crippen MR) is 112 cm³/mol. The number of piperidine rings is 1. The summed E-state index contributed by atoms with van der Waals surface area (Å²) in [4.78, 5) is 19.2. The lowest BCUT2D eigenvalue weighted by atomic mass is 9.93. The average molecular weight is 433 g/mol. The van der Waals surface area contributed by atoms with E-state index in [9.17, 15) is 13.2 Å². The average Bonchev–Trinajstić information content (AvgIpc) is 3.05. The fourth-order valence-corrected chi connectivity index (χ4v) is 5.75. The van der Waals surface area contributed by atoms with E-state index in [1.807, 2.05) is 31.7 Å². The molecule has 1 amide bonds. The van der Waals surface area contributed by atoms with Crippen LogP contribution in [-0.2, 0) is 14.8 Å². The molecule has 0 aliphatic carbocycles. The first-order valence-electron chi connectivity index (χ1n) is 10.3. The Hall–Kier alpha value is -2.46. The number of aryl methyl sites for hydroxylation is 2. The summed E-state index contributed by atoms with van der Waals surface area (Å²) in [5.74, 6) is 1.73. The van der Waals surface area contributed by atoms with Crippen molar-refractivity contribution in [3.05, 3.63) is 35.9 Å². The second-order valence-corrected chi connectivity index (χ2v) is 9.84. The van der Waals surface area contributed by atoms with E-state index in [1.54, 1.807) is 22.9 Å². The molecule has 0 radical (unpaired) electrons. The molecule has 2 aromatic rings. The molecule has 0 saturated carbocycles. The topological polar surface area (TPSA) is 109 Å². The highest BCUT2D eigenvalue weighted by molar-refractivity contribution is 7.89. The molecule has 0 bridgehead atoms. The van der Waals surface area contributed by atoms with Gasteiger partial charge < -0.3 is 10.2 Å². The third-order valence-electron chi connectivity index (χ3n) is 5.93. The van der Waals surface area contributed by atoms with Crippen LogP contribution in [0.5, 0.6) is 0 Å². The van der Waals surface area contributed by atoms with Crippen LogP contribution in [0.1, 0.15) is 43.9 Å². The minimum absolute atomic E-state index is 0.0558. The minimum Gasteiger partial charge on any atom is -0.368 e. The van der Waals surface area contributed by atoms with Crippen molar-refractivity contribution in [1.82, 2.24) is 24.4 Å². The van der Waals surface area contributed by atoms with Gasteiger partial charge in [0.25, 0.3) is 0 Å². The van der Waals surface area contributed by atoms with Crippen LogP contribution >= 0.6 is 0 Å². The predicted octanol–water partition coefficient (Wildman–Crippen LogP) is 1.81. The van der Waals surface area contributed by atoms with Gasteiger partial charge in [0.15, 0.2) is 0 Å². The van der Waals surface area contributed by atoms with Gasteiger partial charge in [-0.25, -0.2) is 18.1 Å². The number of carbonyl (C=O) groups is 1. The summed E-state index contributed by atoms with van der Waals surface area (Å²) in [5, 5.41) is 7.69. The van der Waals surface area contributed by atoms with E-state index in [0.29, 0.717) is 31.0 Å². The maximum Gasteiger partial charge on any atom is 0.244 e. The summed E-state index contributed by atoms with van der Waals surface area (Å²) in [5.41, 5.74) is 0.632. The summed E-state index contributed by atoms with van der Waals surface area (Å²) in [7, 11) is -3.53. The number of para-hydroxylation sites is 1. The summed E-state index contributed by atoms with van der Waals surface area (Å²) >= 11 is 0. The maximum absolute atomic E-state index is 12.8. The van der Waals surface area contributed by atoms with Gasteiger partial charge in [0.05, 0.1) is 17.9 Å². The number of sulfonamides is 1. The SMILES string of the molecule is Cc1nc(C)n(C(C)CC(=O)N2CCC(C3Nc4ccccc4S(=O)(=O)N3)CC2)n1. The number of hydrogen-bond acceptors (Lipinski definition) is 6. The van der Waals surface area contributed by atoms with Gasteiger partial charge in [-0.3, -0.25) is 4.79 Å². The number of nitrogens with one attached hydrogen (secondary N) is 2. The summed E-state index contributed by atoms with van der Waals surface area (Å²) in [6.07, 6.45) is 1.49. The van der Waals surface area contributed by atoms with Crippen molar-refractivity contribution < 1.29 is 13.2 Å². The van der Waals surface area contributed by atoms with Gasteiger partial charge in [-0.05, 0) is 51.7 Å². The van der Waals surface area contributed by atoms with Crippen LogP contribution in [0.25, 0.3) is 0 Å². The Balaban J connectivity index is 1.35. The quantitative estimate of drug-likeness (QED) is 0.763. The second-order valence-electron chi connectivity index (χ2n) is 8.16. The zero-order chi connectivity index (χ0) is 21.5. The maximum atomic E-state index is 12.8. The number of aromatic nitrogens is 3. The summed E-state index contributed by atoms with van der Waals surface area (Å²) < 4.78 is 29.7. The molecule has 1 aromatic carbocycles. The molecule has 4 rings (SSSR count). The summed E-state index contributed by atoms with van der Waals surface area (Å²) in [6, 6.07) is 6.87. The van der Waals surface area contributed by atoms with Crippen molar-refractivity contribution in [1.29, 1.82) is 0 Å². The molecule has 1 saturated heterocycles. The van der Waals surface area contributed by atoms with Crippen LogP contribution < -0.4 is 10.0 Å². The fraction of sp³-hybridized carbons (Fsp3) is 0.550. The van der Waals surface area contributed by atoms with E-state index in [0.717, 1.165) is 18.7 Å². The number of fused-ring (bicyclic) bond motifs is 1. The van der Waals surface area contributed by atoms with E-state index in [1.165, 1.54) is 0 Å². The first-order valence-corrected chi connectivity index (χ1v) is 11.8. The number of amides is 1. The van der Waals surface area contributed by atoms with Gasteiger partial charge >= 0.3 is 0 Å². The molecule has 9 nitrogen and oxygen atoms in total. The van der Waals surface area contributed by atoms with Gasteiger partial charge in [-0.15, -0.1) is 0 Å². The minimum atomic E-state index is -3.53. The van der Waals surface area contributed by atoms with Gasteiger partial charge in [-0.1, -0.05) is 12.1 Å². The lowest BCUT2D eigenvalue weighted by Gasteiger charge is -2.39. The first kappa shape index (κ1) is 20.8. The van der Waals surface area contributed by atoms with E-state index in [4.69, 9.17) is 0 Å². The third kappa shape index (κ3) is 4.06. The molecule has 30 heavy (non-hydrogen) atoms. The Bertz CT molecular complexity index is 1040. The monoisotopic (exact) mass is 432 g/mol. The van der Waals surface area contributed by atoms with E-state index < -0.39 is 10.0 Å². The molecular weight excluding hydrogens is 404 g/mol. The van der Waals surface area contributed by atoms with Crippen molar-refractivity contribution in [3.63, 3.8) is 0 Å². The molecule has 2 unspecified atom stereocenters. The van der Waals surface area contributed by atoms with Crippen LogP contribution in [-0.4, -0.2) is 53.2 Å². The Morgan fingerprint density at radius 2 is 1.93 bits per heavy atom. The van der Waals surface area contributed by atoms with Gasteiger partial charge in [0.2, 0.25) is 15.9 Å². The summed E-state index contributed by atoms with van der Waals surface area (Å²) in [6.45, 7) is 6.95. The molecule has 2 aliphatic rings. The van der Waals surface area contributed by atoms with E-state index in [-0.39, 0.29) is 28.9 Å². The number of nitrogens with zero attached hydrogens (tertiary/aromatic N) is 4. The Labute approximate surface area is 176 Å². The zero-order valence-electron chi connectivity index (χ0n) is 17.5. The van der Waals surface area contributed by atoms with Crippen molar-refractivity contribution in [2.45, 2.75) is 57.1 Å². The fourth-order valence-electron chi connectivity index (χ4n) is 4.37. The largest absolute Gasteiger partial charge is 0.368 e. The van der Waals surface area contributed by atoms with Crippen LogP contribution in [0.15, 0.2) is 29.2 Å². The molecule has 1 aromatic heterocycles. The number of hydrogen-bond donors (Lipinski definition) is 2. The molecule has 0 spiro atoms. The standard InChI is InChI=1S/C20H28N6O3S/c1-13(26-15(3)21-14(2)23-26)12-19(27)25-10-8-16(9-11-25)20-22-17-6-4-5-7-18(17)30(28,29)24-20/h4-7,13,16,20,22,24H,8-12H2,1-3H3. The smallest absolute Gasteiger partial charge is 0.244 e. The molecule has 1 fully saturated rings. The van der Waals surface area contributed by atoms with Crippen LogP contribution in [0.4, 0.5) is 5.69 Å². The van der Waals surface area contributed by atoms with Crippen LogP contribution in [0.2, 0.25) is 0 Å². The van der Waals surface area contributed by atoms with Gasteiger partial charge in [0, 0.05) is 19.5 Å². The number of anilines is 1. The molecule has 10 heteroatoms. The normalized spacial score (nSPS) is 22.2. The lowest BCUT2D eigenvalue weighted by Crippen LogP contribution is -2.52. The van der Waals surface area contributed by atoms with Crippen LogP contribution in [0.3, 0.4) is 0 Å². The highest BCUT2D eigenvalue weighted by Crippen LogP contribution is 2.31. The van der Waals surface area contributed by atoms with Crippen molar-refractivity contribution in [2.75, 3.05) is 18.4 Å². The first-order chi connectivity index (χ1) is 14.2. The van der Waals surface area contributed by atoms with E-state index in [2.05, 4.69) is 20.1 Å². The molecule has 2 aliphatic heterocycles. The number of benzene rings is 1. The van der Waals surface area contributed by atoms with Gasteiger partial charge in [-0.2, -0.15) is 9.82 Å². The number of rotatable bonds is 4. The van der Waals surface area contributed by atoms with Crippen molar-refractivity contribution >= 4 is 21.6 Å². The second kappa shape index (κ2) is 7.99. The Kier molecular flexibility index (Phi) is 5.54. The molecule has 162 valence electrons. The number of likely N-dealkylation sites (tertiary alicyclic amines) is 1. The highest BCUT2D eigenvalue weighted by atomic mass is 32.2. The van der Waals surface area contributed by atoms with Crippen LogP contribution in [0, 0.1) is 19.8 Å². The lowest BCUT2D eigenvalue weighted by molar-refractivity contribution is -0.133. The molecule has 3 heterocycles. The zero-order valence-corrected chi connectivity index (χ0v) is 18.3.